The molecule has 0 amide bonds. The molecule has 2 aromatic heterocycles. The second-order valence-corrected chi connectivity index (χ2v) is 3.58. The monoisotopic (exact) mass is 290 g/mol. The molecule has 68 valence electrons. The minimum atomic E-state index is -0.0369. The molecule has 0 aromatic carbocycles. The average molecular weight is 290 g/mol. The number of nitrogens with one attached hydrogen (secondary N) is 1. The number of aromatic nitrogens is 2. The standard InChI is InChI=1S/C8H7IN2O2/c9-7-2-1-6(13-7)8-10-3-5(4-12)11-8/h1-3,12H,4H2,(H,10,11). The van der Waals surface area contributed by atoms with E-state index < -0.39 is 0 Å². The van der Waals surface area contributed by atoms with Crippen molar-refractivity contribution in [3.05, 3.63) is 27.8 Å². The molecule has 13 heavy (non-hydrogen) atoms. The number of furan rings is 1. The molecular weight excluding hydrogens is 283 g/mol. The Morgan fingerprint density at radius 3 is 2.92 bits per heavy atom. The highest BCUT2D eigenvalue weighted by Gasteiger charge is 2.06. The van der Waals surface area contributed by atoms with Gasteiger partial charge in [0.2, 0.25) is 0 Å². The van der Waals surface area contributed by atoms with Crippen LogP contribution in [-0.4, -0.2) is 15.1 Å². The zero-order chi connectivity index (χ0) is 9.26. The van der Waals surface area contributed by atoms with Crippen molar-refractivity contribution >= 4 is 22.6 Å². The molecule has 2 heterocycles. The van der Waals surface area contributed by atoms with Crippen LogP contribution in [0.25, 0.3) is 11.6 Å². The van der Waals surface area contributed by atoms with E-state index in [1.54, 1.807) is 6.20 Å². The van der Waals surface area contributed by atoms with Gasteiger partial charge in [0.1, 0.15) is 0 Å². The lowest BCUT2D eigenvalue weighted by molar-refractivity contribution is 0.277. The van der Waals surface area contributed by atoms with Gasteiger partial charge in [0.25, 0.3) is 0 Å². The number of aliphatic hydroxyl groups excluding tert-OH is 1. The minimum Gasteiger partial charge on any atom is -0.447 e. The Balaban J connectivity index is 2.35. The van der Waals surface area contributed by atoms with Crippen LogP contribution in [0.2, 0.25) is 0 Å². The highest BCUT2D eigenvalue weighted by molar-refractivity contribution is 14.1. The van der Waals surface area contributed by atoms with Gasteiger partial charge in [0.15, 0.2) is 15.4 Å². The molecule has 0 unspecified atom stereocenters. The van der Waals surface area contributed by atoms with E-state index in [0.29, 0.717) is 17.3 Å². The number of hydrogen-bond acceptors (Lipinski definition) is 3. The summed E-state index contributed by atoms with van der Waals surface area (Å²) in [7, 11) is 0. The fourth-order valence-corrected chi connectivity index (χ4v) is 1.42. The van der Waals surface area contributed by atoms with Gasteiger partial charge in [-0.15, -0.1) is 0 Å². The Bertz CT molecular complexity index is 408. The Labute approximate surface area is 88.1 Å². The Kier molecular flexibility index (Phi) is 2.36. The van der Waals surface area contributed by atoms with Gasteiger partial charge in [-0.1, -0.05) is 0 Å². The summed E-state index contributed by atoms with van der Waals surface area (Å²) in [5, 5.41) is 8.80. The van der Waals surface area contributed by atoms with Crippen LogP contribution in [0.3, 0.4) is 0 Å². The van der Waals surface area contributed by atoms with Crippen molar-refractivity contribution < 1.29 is 9.52 Å². The first-order valence-corrected chi connectivity index (χ1v) is 4.78. The molecular formula is C8H7IN2O2. The molecule has 2 rings (SSSR count). The topological polar surface area (TPSA) is 62.1 Å². The lowest BCUT2D eigenvalue weighted by Gasteiger charge is -1.88. The van der Waals surface area contributed by atoms with Crippen LogP contribution in [0.1, 0.15) is 5.69 Å². The van der Waals surface area contributed by atoms with E-state index in [1.807, 2.05) is 12.1 Å². The van der Waals surface area contributed by atoms with Gasteiger partial charge < -0.3 is 14.5 Å². The Morgan fingerprint density at radius 2 is 2.38 bits per heavy atom. The van der Waals surface area contributed by atoms with Gasteiger partial charge in [-0.2, -0.15) is 0 Å². The Hall–Kier alpha value is -0.820. The first kappa shape index (κ1) is 8.76. The van der Waals surface area contributed by atoms with Crippen LogP contribution in [0.15, 0.2) is 22.7 Å². The normalized spacial score (nSPS) is 10.6. The van der Waals surface area contributed by atoms with Crippen LogP contribution in [0.4, 0.5) is 0 Å². The van der Waals surface area contributed by atoms with Crippen molar-refractivity contribution in [2.45, 2.75) is 6.61 Å². The number of imidazole rings is 1. The maximum atomic E-state index is 8.80. The molecule has 5 heteroatoms. The zero-order valence-corrected chi connectivity index (χ0v) is 8.78. The number of aromatic amines is 1. The molecule has 0 atom stereocenters. The second-order valence-electron chi connectivity index (χ2n) is 2.52. The minimum absolute atomic E-state index is 0.0369. The van der Waals surface area contributed by atoms with Gasteiger partial charge in [0.05, 0.1) is 18.5 Å². The highest BCUT2D eigenvalue weighted by Crippen LogP contribution is 2.19. The molecule has 0 bridgehead atoms. The van der Waals surface area contributed by atoms with E-state index >= 15 is 0 Å². The van der Waals surface area contributed by atoms with E-state index in [9.17, 15) is 0 Å². The number of rotatable bonds is 2. The molecule has 0 saturated carbocycles. The van der Waals surface area contributed by atoms with Gasteiger partial charge in [-0.25, -0.2) is 4.98 Å². The summed E-state index contributed by atoms with van der Waals surface area (Å²) in [5.74, 6) is 1.33. The molecule has 2 aromatic rings. The number of H-pyrrole nitrogens is 1. The summed E-state index contributed by atoms with van der Waals surface area (Å²) in [4.78, 5) is 6.99. The zero-order valence-electron chi connectivity index (χ0n) is 6.62. The number of halogens is 1. The van der Waals surface area contributed by atoms with Crippen LogP contribution in [0, 0.1) is 3.77 Å². The first-order valence-electron chi connectivity index (χ1n) is 3.70. The van der Waals surface area contributed by atoms with Crippen molar-refractivity contribution in [3.8, 4) is 11.6 Å². The third-order valence-electron chi connectivity index (χ3n) is 1.61. The largest absolute Gasteiger partial charge is 0.447 e. The molecule has 0 aliphatic heterocycles. The number of hydrogen-bond donors (Lipinski definition) is 2. The van der Waals surface area contributed by atoms with Crippen LogP contribution in [0.5, 0.6) is 0 Å². The van der Waals surface area contributed by atoms with E-state index in [4.69, 9.17) is 9.52 Å². The first-order chi connectivity index (χ1) is 6.29. The summed E-state index contributed by atoms with van der Waals surface area (Å²) in [6, 6.07) is 3.69. The van der Waals surface area contributed by atoms with Crippen molar-refractivity contribution in [2.75, 3.05) is 0 Å². The summed E-state index contributed by atoms with van der Waals surface area (Å²) in [6.45, 7) is -0.0369. The molecule has 4 nitrogen and oxygen atoms in total. The predicted octanol–water partition coefficient (Wildman–Crippen LogP) is 1.77. The summed E-state index contributed by atoms with van der Waals surface area (Å²) < 4.78 is 6.15. The van der Waals surface area contributed by atoms with Crippen LogP contribution in [-0.2, 0) is 6.61 Å². The summed E-state index contributed by atoms with van der Waals surface area (Å²) >= 11 is 2.09. The van der Waals surface area contributed by atoms with Gasteiger partial charge >= 0.3 is 0 Å². The number of nitrogens with zero attached hydrogens (tertiary/aromatic N) is 1. The summed E-state index contributed by atoms with van der Waals surface area (Å²) in [5.41, 5.74) is 0.682. The third kappa shape index (κ3) is 1.75. The van der Waals surface area contributed by atoms with E-state index in [1.165, 1.54) is 0 Å². The average Bonchev–Trinajstić information content (AvgIpc) is 2.71. The molecule has 0 fully saturated rings. The van der Waals surface area contributed by atoms with Crippen molar-refractivity contribution in [3.63, 3.8) is 0 Å². The van der Waals surface area contributed by atoms with Crippen molar-refractivity contribution in [1.82, 2.24) is 9.97 Å². The maximum absolute atomic E-state index is 8.80. The molecule has 0 radical (unpaired) electrons. The van der Waals surface area contributed by atoms with Crippen molar-refractivity contribution in [1.29, 1.82) is 0 Å². The van der Waals surface area contributed by atoms with Gasteiger partial charge in [-0.3, -0.25) is 0 Å². The molecule has 0 saturated heterocycles. The lowest BCUT2D eigenvalue weighted by atomic mass is 10.4. The van der Waals surface area contributed by atoms with E-state index in [2.05, 4.69) is 32.6 Å². The smallest absolute Gasteiger partial charge is 0.173 e. The highest BCUT2D eigenvalue weighted by atomic mass is 127. The van der Waals surface area contributed by atoms with Gasteiger partial charge in [-0.05, 0) is 34.7 Å². The number of aliphatic hydroxyl groups is 1. The quantitative estimate of drug-likeness (QED) is 0.829. The maximum Gasteiger partial charge on any atom is 0.173 e. The van der Waals surface area contributed by atoms with E-state index in [0.717, 1.165) is 3.77 Å². The second kappa shape index (κ2) is 3.51. The van der Waals surface area contributed by atoms with Gasteiger partial charge in [0, 0.05) is 0 Å². The summed E-state index contributed by atoms with van der Waals surface area (Å²) in [6.07, 6.45) is 1.59. The van der Waals surface area contributed by atoms with E-state index in [-0.39, 0.29) is 6.61 Å². The predicted molar refractivity (Wildman–Crippen MR) is 54.9 cm³/mol. The van der Waals surface area contributed by atoms with Crippen LogP contribution >= 0.6 is 22.6 Å². The third-order valence-corrected chi connectivity index (χ3v) is 2.19. The SMILES string of the molecule is OCc1cnc(-c2ccc(I)o2)[nH]1. The molecule has 2 N–H and O–H groups in total. The van der Waals surface area contributed by atoms with Crippen molar-refractivity contribution in [2.24, 2.45) is 0 Å². The molecule has 0 aliphatic rings. The molecule has 0 spiro atoms. The fourth-order valence-electron chi connectivity index (χ4n) is 1.01. The fraction of sp³-hybridized carbons (Fsp3) is 0.125. The molecule has 0 aliphatic carbocycles. The Morgan fingerprint density at radius 1 is 1.54 bits per heavy atom. The lowest BCUT2D eigenvalue weighted by Crippen LogP contribution is -1.81. The van der Waals surface area contributed by atoms with Crippen LogP contribution < -0.4 is 0 Å².